The maximum Gasteiger partial charge on any atom is 0.0110 e. The van der Waals surface area contributed by atoms with Gasteiger partial charge in [0.15, 0.2) is 0 Å². The zero-order valence-corrected chi connectivity index (χ0v) is 10.9. The van der Waals surface area contributed by atoms with Gasteiger partial charge in [0.1, 0.15) is 0 Å². The van der Waals surface area contributed by atoms with Crippen LogP contribution in [0.15, 0.2) is 12.1 Å². The molecule has 0 bridgehead atoms. The molecule has 0 spiro atoms. The van der Waals surface area contributed by atoms with Crippen LogP contribution < -0.4 is 5.32 Å². The monoisotopic (exact) mass is 223 g/mol. The van der Waals surface area contributed by atoms with Gasteiger partial charge in [0.25, 0.3) is 0 Å². The fraction of sp³-hybridized carbons (Fsp3) is 0.692. The van der Waals surface area contributed by atoms with E-state index in [9.17, 15) is 0 Å². The first-order valence-corrected chi connectivity index (χ1v) is 6.64. The van der Waals surface area contributed by atoms with Crippen molar-refractivity contribution in [2.24, 2.45) is 5.92 Å². The Morgan fingerprint density at radius 3 is 2.80 bits per heavy atom. The lowest BCUT2D eigenvalue weighted by Crippen LogP contribution is -2.26. The van der Waals surface area contributed by atoms with Crippen molar-refractivity contribution in [1.29, 1.82) is 0 Å². The molecule has 2 rings (SSSR count). The summed E-state index contributed by atoms with van der Waals surface area (Å²) in [7, 11) is 0. The lowest BCUT2D eigenvalue weighted by Gasteiger charge is -2.11. The Kier molecular flexibility index (Phi) is 2.91. The van der Waals surface area contributed by atoms with E-state index in [2.05, 4.69) is 45.1 Å². The zero-order chi connectivity index (χ0) is 11.1. The maximum absolute atomic E-state index is 3.54. The van der Waals surface area contributed by atoms with Crippen LogP contribution in [-0.4, -0.2) is 12.6 Å². The molecule has 0 radical (unpaired) electrons. The van der Waals surface area contributed by atoms with Crippen LogP contribution in [0.1, 0.15) is 36.9 Å². The van der Waals surface area contributed by atoms with Gasteiger partial charge in [-0.2, -0.15) is 0 Å². The lowest BCUT2D eigenvalue weighted by molar-refractivity contribution is 0.530. The molecule has 1 aromatic rings. The first-order valence-electron chi connectivity index (χ1n) is 5.82. The van der Waals surface area contributed by atoms with Crippen LogP contribution in [-0.2, 0) is 5.41 Å². The largest absolute Gasteiger partial charge is 0.314 e. The number of nitrogens with one attached hydrogen (secondary N) is 1. The minimum atomic E-state index is 0.473. The minimum Gasteiger partial charge on any atom is -0.314 e. The van der Waals surface area contributed by atoms with Gasteiger partial charge in [0.2, 0.25) is 0 Å². The van der Waals surface area contributed by atoms with Crippen LogP contribution in [0.2, 0.25) is 0 Å². The number of thiophene rings is 1. The van der Waals surface area contributed by atoms with Crippen molar-refractivity contribution in [2.45, 2.75) is 45.6 Å². The quantitative estimate of drug-likeness (QED) is 0.825. The Labute approximate surface area is 96.9 Å². The highest BCUT2D eigenvalue weighted by molar-refractivity contribution is 7.12. The highest BCUT2D eigenvalue weighted by Crippen LogP contribution is 2.55. The Morgan fingerprint density at radius 2 is 2.27 bits per heavy atom. The van der Waals surface area contributed by atoms with Gasteiger partial charge in [-0.15, -0.1) is 11.3 Å². The van der Waals surface area contributed by atoms with Crippen LogP contribution in [0.3, 0.4) is 0 Å². The molecule has 1 aliphatic carbocycles. The van der Waals surface area contributed by atoms with Crippen molar-refractivity contribution in [1.82, 2.24) is 5.32 Å². The molecule has 1 N–H and O–H groups in total. The van der Waals surface area contributed by atoms with E-state index < -0.39 is 0 Å². The highest BCUT2D eigenvalue weighted by Gasteiger charge is 2.51. The van der Waals surface area contributed by atoms with Crippen molar-refractivity contribution in [3.8, 4) is 0 Å². The molecule has 0 amide bonds. The average molecular weight is 223 g/mol. The van der Waals surface area contributed by atoms with E-state index in [1.165, 1.54) is 17.8 Å². The maximum atomic E-state index is 3.54. The van der Waals surface area contributed by atoms with Gasteiger partial charge in [-0.1, -0.05) is 20.8 Å². The lowest BCUT2D eigenvalue weighted by atomic mass is 10.0. The molecule has 2 unspecified atom stereocenters. The summed E-state index contributed by atoms with van der Waals surface area (Å²) < 4.78 is 0. The first kappa shape index (κ1) is 11.2. The van der Waals surface area contributed by atoms with Crippen LogP contribution in [0, 0.1) is 12.8 Å². The molecule has 15 heavy (non-hydrogen) atoms. The van der Waals surface area contributed by atoms with E-state index in [0.29, 0.717) is 11.5 Å². The van der Waals surface area contributed by atoms with Gasteiger partial charge >= 0.3 is 0 Å². The minimum absolute atomic E-state index is 0.473. The van der Waals surface area contributed by atoms with Gasteiger partial charge < -0.3 is 5.32 Å². The van der Waals surface area contributed by atoms with E-state index in [1.807, 2.05) is 11.3 Å². The second kappa shape index (κ2) is 3.91. The summed E-state index contributed by atoms with van der Waals surface area (Å²) in [4.78, 5) is 3.02. The fourth-order valence-electron chi connectivity index (χ4n) is 2.17. The summed E-state index contributed by atoms with van der Waals surface area (Å²) in [6.45, 7) is 10.2. The Bertz CT molecular complexity index is 342. The molecular formula is C13H21NS. The van der Waals surface area contributed by atoms with E-state index in [4.69, 9.17) is 0 Å². The third kappa shape index (κ3) is 2.26. The average Bonchev–Trinajstić information content (AvgIpc) is 2.60. The molecule has 1 heterocycles. The molecule has 1 fully saturated rings. The van der Waals surface area contributed by atoms with Gasteiger partial charge in [0, 0.05) is 21.2 Å². The fourth-order valence-corrected chi connectivity index (χ4v) is 3.27. The SMILES string of the molecule is Cc1ccc(C2(C)CC2CNC(C)C)s1. The second-order valence-corrected chi connectivity index (χ2v) is 6.58. The smallest absolute Gasteiger partial charge is 0.0110 e. The third-order valence-electron chi connectivity index (χ3n) is 3.49. The highest BCUT2D eigenvalue weighted by atomic mass is 32.1. The zero-order valence-electron chi connectivity index (χ0n) is 10.1. The molecule has 2 atom stereocenters. The molecule has 2 heteroatoms. The second-order valence-electron chi connectivity index (χ2n) is 5.29. The molecule has 1 aliphatic rings. The van der Waals surface area contributed by atoms with Crippen molar-refractivity contribution in [3.05, 3.63) is 21.9 Å². The summed E-state index contributed by atoms with van der Waals surface area (Å²) >= 11 is 1.97. The van der Waals surface area contributed by atoms with Gasteiger partial charge in [-0.05, 0) is 37.9 Å². The third-order valence-corrected chi connectivity index (χ3v) is 4.77. The van der Waals surface area contributed by atoms with Gasteiger partial charge in [0.05, 0.1) is 0 Å². The number of rotatable bonds is 4. The molecule has 0 aromatic carbocycles. The Hall–Kier alpha value is -0.340. The molecular weight excluding hydrogens is 202 g/mol. The van der Waals surface area contributed by atoms with Crippen molar-refractivity contribution < 1.29 is 0 Å². The molecule has 84 valence electrons. The summed E-state index contributed by atoms with van der Waals surface area (Å²) in [6.07, 6.45) is 1.35. The predicted octanol–water partition coefficient (Wildman–Crippen LogP) is 3.33. The molecule has 0 saturated heterocycles. The number of hydrogen-bond donors (Lipinski definition) is 1. The van der Waals surface area contributed by atoms with Crippen LogP contribution in [0.25, 0.3) is 0 Å². The van der Waals surface area contributed by atoms with Crippen molar-refractivity contribution in [3.63, 3.8) is 0 Å². The predicted molar refractivity (Wildman–Crippen MR) is 67.7 cm³/mol. The number of hydrogen-bond acceptors (Lipinski definition) is 2. The molecule has 1 nitrogen and oxygen atoms in total. The number of aryl methyl sites for hydroxylation is 1. The molecule has 0 aliphatic heterocycles. The normalized spacial score (nSPS) is 29.8. The first-order chi connectivity index (χ1) is 7.02. The summed E-state index contributed by atoms with van der Waals surface area (Å²) in [5.41, 5.74) is 0.473. The van der Waals surface area contributed by atoms with Crippen molar-refractivity contribution >= 4 is 11.3 Å². The Balaban J connectivity index is 1.95. The van der Waals surface area contributed by atoms with Gasteiger partial charge in [-0.3, -0.25) is 0 Å². The standard InChI is InChI=1S/C13H21NS/c1-9(2)14-8-11-7-13(11,4)12-6-5-10(3)15-12/h5-6,9,11,14H,7-8H2,1-4H3. The Morgan fingerprint density at radius 1 is 1.53 bits per heavy atom. The van der Waals surface area contributed by atoms with E-state index in [1.54, 1.807) is 4.88 Å². The van der Waals surface area contributed by atoms with Crippen molar-refractivity contribution in [2.75, 3.05) is 6.54 Å². The van der Waals surface area contributed by atoms with E-state index in [0.717, 1.165) is 5.92 Å². The topological polar surface area (TPSA) is 12.0 Å². The van der Waals surface area contributed by atoms with E-state index in [-0.39, 0.29) is 0 Å². The van der Waals surface area contributed by atoms with Gasteiger partial charge in [-0.25, -0.2) is 0 Å². The van der Waals surface area contributed by atoms with Crippen LogP contribution >= 0.6 is 11.3 Å². The van der Waals surface area contributed by atoms with E-state index >= 15 is 0 Å². The van der Waals surface area contributed by atoms with Crippen LogP contribution in [0.5, 0.6) is 0 Å². The molecule has 1 aromatic heterocycles. The molecule has 1 saturated carbocycles. The summed E-state index contributed by atoms with van der Waals surface area (Å²) in [5.74, 6) is 0.845. The summed E-state index contributed by atoms with van der Waals surface area (Å²) in [5, 5.41) is 3.54. The summed E-state index contributed by atoms with van der Waals surface area (Å²) in [6, 6.07) is 5.17. The van der Waals surface area contributed by atoms with Crippen LogP contribution in [0.4, 0.5) is 0 Å².